The summed E-state index contributed by atoms with van der Waals surface area (Å²) in [5.74, 6) is 0. The van der Waals surface area contributed by atoms with Crippen LogP contribution in [0.1, 0.15) is 26.7 Å². The second-order valence-corrected chi connectivity index (χ2v) is 7.57. The normalized spacial score (nSPS) is 12.3. The Bertz CT molecular complexity index is 547. The van der Waals surface area contributed by atoms with Crippen molar-refractivity contribution in [2.24, 2.45) is 0 Å². The molecule has 7 heteroatoms. The minimum absolute atomic E-state index is 0.0705. The zero-order chi connectivity index (χ0) is 15.3. The predicted octanol–water partition coefficient (Wildman–Crippen LogP) is 3.27. The summed E-state index contributed by atoms with van der Waals surface area (Å²) in [6.45, 7) is 3.71. The molecule has 0 spiro atoms. The van der Waals surface area contributed by atoms with Gasteiger partial charge in [-0.1, -0.05) is 41.4 Å². The monoisotopic (exact) mass is 383 g/mol. The molecule has 0 aliphatic rings. The molecule has 20 heavy (non-hydrogen) atoms. The lowest BCUT2D eigenvalue weighted by Crippen LogP contribution is -2.41. The van der Waals surface area contributed by atoms with Crippen molar-refractivity contribution in [2.75, 3.05) is 13.2 Å². The van der Waals surface area contributed by atoms with E-state index < -0.39 is 10.0 Å². The first-order valence-corrected chi connectivity index (χ1v) is 9.07. The van der Waals surface area contributed by atoms with Crippen molar-refractivity contribution < 1.29 is 13.5 Å². The lowest BCUT2D eigenvalue weighted by atomic mass is 10.2. The first-order valence-electron chi connectivity index (χ1n) is 6.46. The average Bonchev–Trinajstić information content (AvgIpc) is 2.38. The van der Waals surface area contributed by atoms with Crippen molar-refractivity contribution in [1.29, 1.82) is 0 Å². The Hall–Kier alpha value is -0.140. The third-order valence-electron chi connectivity index (χ3n) is 3.15. The van der Waals surface area contributed by atoms with Crippen LogP contribution < -0.4 is 0 Å². The minimum Gasteiger partial charge on any atom is -0.395 e. The SMILES string of the molecule is CCC(CC)N(CCO)S(=O)(=O)c1ccc(Br)cc1Cl. The van der Waals surface area contributed by atoms with Gasteiger partial charge in [-0.25, -0.2) is 8.42 Å². The third-order valence-corrected chi connectivity index (χ3v) is 6.08. The summed E-state index contributed by atoms with van der Waals surface area (Å²) in [7, 11) is -3.71. The van der Waals surface area contributed by atoms with Gasteiger partial charge in [-0.2, -0.15) is 4.31 Å². The topological polar surface area (TPSA) is 57.6 Å². The van der Waals surface area contributed by atoms with Crippen LogP contribution in [0.2, 0.25) is 5.02 Å². The Kier molecular flexibility index (Phi) is 6.94. The third kappa shape index (κ3) is 3.95. The van der Waals surface area contributed by atoms with Gasteiger partial charge in [0.15, 0.2) is 0 Å². The summed E-state index contributed by atoms with van der Waals surface area (Å²) in [4.78, 5) is 0.0720. The Morgan fingerprint density at radius 1 is 1.35 bits per heavy atom. The molecule has 1 rings (SSSR count). The van der Waals surface area contributed by atoms with Gasteiger partial charge in [0, 0.05) is 17.1 Å². The number of nitrogens with zero attached hydrogens (tertiary/aromatic N) is 1. The van der Waals surface area contributed by atoms with Gasteiger partial charge in [0.2, 0.25) is 10.0 Å². The van der Waals surface area contributed by atoms with Crippen LogP contribution in [0.4, 0.5) is 0 Å². The predicted molar refractivity (Wildman–Crippen MR) is 84.5 cm³/mol. The number of hydrogen-bond acceptors (Lipinski definition) is 3. The second kappa shape index (κ2) is 7.75. The van der Waals surface area contributed by atoms with E-state index in [4.69, 9.17) is 16.7 Å². The molecule has 0 saturated heterocycles. The summed E-state index contributed by atoms with van der Waals surface area (Å²) in [6, 6.07) is 4.53. The standard InChI is InChI=1S/C13H19BrClNO3S/c1-3-11(4-2)16(7-8-17)20(18,19)13-6-5-10(14)9-12(13)15/h5-6,9,11,17H,3-4,7-8H2,1-2H3. The number of rotatable bonds is 7. The summed E-state index contributed by atoms with van der Waals surface area (Å²) in [6.07, 6.45) is 1.37. The van der Waals surface area contributed by atoms with E-state index in [-0.39, 0.29) is 29.1 Å². The zero-order valence-corrected chi connectivity index (χ0v) is 14.7. The van der Waals surface area contributed by atoms with Crippen LogP contribution in [-0.4, -0.2) is 37.0 Å². The first-order chi connectivity index (χ1) is 9.38. The molecule has 0 heterocycles. The van der Waals surface area contributed by atoms with Gasteiger partial charge in [-0.3, -0.25) is 0 Å². The van der Waals surface area contributed by atoms with E-state index in [1.165, 1.54) is 10.4 Å². The number of halogens is 2. The quantitative estimate of drug-likeness (QED) is 0.785. The molecule has 1 N–H and O–H groups in total. The Morgan fingerprint density at radius 3 is 2.40 bits per heavy atom. The lowest BCUT2D eigenvalue weighted by Gasteiger charge is -2.29. The van der Waals surface area contributed by atoms with E-state index in [1.54, 1.807) is 12.1 Å². The maximum Gasteiger partial charge on any atom is 0.244 e. The van der Waals surface area contributed by atoms with Crippen LogP contribution in [0.3, 0.4) is 0 Å². The van der Waals surface area contributed by atoms with E-state index >= 15 is 0 Å². The molecule has 0 aromatic heterocycles. The first kappa shape index (κ1) is 17.9. The van der Waals surface area contributed by atoms with Gasteiger partial charge in [-0.05, 0) is 31.0 Å². The van der Waals surface area contributed by atoms with E-state index in [0.717, 1.165) is 4.47 Å². The highest BCUT2D eigenvalue weighted by Crippen LogP contribution is 2.29. The van der Waals surface area contributed by atoms with Gasteiger partial charge < -0.3 is 5.11 Å². The van der Waals surface area contributed by atoms with E-state index in [2.05, 4.69) is 15.9 Å². The smallest absolute Gasteiger partial charge is 0.244 e. The molecule has 0 bridgehead atoms. The van der Waals surface area contributed by atoms with Gasteiger partial charge >= 0.3 is 0 Å². The maximum atomic E-state index is 12.7. The zero-order valence-electron chi connectivity index (χ0n) is 11.5. The van der Waals surface area contributed by atoms with E-state index in [9.17, 15) is 8.42 Å². The molecule has 0 unspecified atom stereocenters. The Morgan fingerprint density at radius 2 is 1.95 bits per heavy atom. The molecule has 4 nitrogen and oxygen atoms in total. The van der Waals surface area contributed by atoms with Crippen molar-refractivity contribution in [2.45, 2.75) is 37.6 Å². The molecule has 0 amide bonds. The maximum absolute atomic E-state index is 12.7. The van der Waals surface area contributed by atoms with Crippen LogP contribution in [0.5, 0.6) is 0 Å². The number of benzene rings is 1. The highest BCUT2D eigenvalue weighted by Gasteiger charge is 2.30. The number of aliphatic hydroxyl groups excluding tert-OH is 1. The largest absolute Gasteiger partial charge is 0.395 e. The molecule has 0 radical (unpaired) electrons. The van der Waals surface area contributed by atoms with Crippen LogP contribution in [0.25, 0.3) is 0 Å². The average molecular weight is 385 g/mol. The van der Waals surface area contributed by atoms with Gasteiger partial charge in [0.25, 0.3) is 0 Å². The van der Waals surface area contributed by atoms with Crippen LogP contribution >= 0.6 is 27.5 Å². The van der Waals surface area contributed by atoms with Gasteiger partial charge in [-0.15, -0.1) is 0 Å². The molecule has 114 valence electrons. The summed E-state index contributed by atoms with van der Waals surface area (Å²) in [5, 5.41) is 9.33. The van der Waals surface area contributed by atoms with Gasteiger partial charge in [0.1, 0.15) is 4.90 Å². The molecular weight excluding hydrogens is 366 g/mol. The van der Waals surface area contributed by atoms with Crippen molar-refractivity contribution >= 4 is 37.6 Å². The van der Waals surface area contributed by atoms with Crippen molar-refractivity contribution in [1.82, 2.24) is 4.31 Å². The summed E-state index contributed by atoms with van der Waals surface area (Å²) in [5.41, 5.74) is 0. The highest BCUT2D eigenvalue weighted by atomic mass is 79.9. The van der Waals surface area contributed by atoms with Gasteiger partial charge in [0.05, 0.1) is 11.6 Å². The highest BCUT2D eigenvalue weighted by molar-refractivity contribution is 9.10. The number of sulfonamides is 1. The van der Waals surface area contributed by atoms with E-state index in [0.29, 0.717) is 12.8 Å². The lowest BCUT2D eigenvalue weighted by molar-refractivity contribution is 0.219. The molecule has 1 aromatic rings. The summed E-state index contributed by atoms with van der Waals surface area (Å²) >= 11 is 9.31. The molecule has 0 aliphatic heterocycles. The molecule has 1 aromatic carbocycles. The molecule has 0 saturated carbocycles. The molecule has 0 atom stereocenters. The van der Waals surface area contributed by atoms with E-state index in [1.807, 2.05) is 13.8 Å². The molecule has 0 aliphatic carbocycles. The van der Waals surface area contributed by atoms with Crippen LogP contribution in [0.15, 0.2) is 27.6 Å². The fourth-order valence-electron chi connectivity index (χ4n) is 2.10. The minimum atomic E-state index is -3.71. The summed E-state index contributed by atoms with van der Waals surface area (Å²) < 4.78 is 27.5. The Labute approximate surface area is 133 Å². The number of hydrogen-bond donors (Lipinski definition) is 1. The number of aliphatic hydroxyl groups is 1. The fourth-order valence-corrected chi connectivity index (χ4v) is 4.88. The van der Waals surface area contributed by atoms with Crippen LogP contribution in [0, 0.1) is 0 Å². The second-order valence-electron chi connectivity index (χ2n) is 4.38. The molecule has 0 fully saturated rings. The van der Waals surface area contributed by atoms with Crippen LogP contribution in [-0.2, 0) is 10.0 Å². The Balaban J connectivity index is 3.28. The molecular formula is C13H19BrClNO3S. The fraction of sp³-hybridized carbons (Fsp3) is 0.538. The van der Waals surface area contributed by atoms with Crippen molar-refractivity contribution in [3.63, 3.8) is 0 Å². The van der Waals surface area contributed by atoms with Crippen molar-refractivity contribution in [3.8, 4) is 0 Å². The van der Waals surface area contributed by atoms with Crippen molar-refractivity contribution in [3.05, 3.63) is 27.7 Å².